The van der Waals surface area contributed by atoms with E-state index in [0.717, 1.165) is 11.9 Å². The van der Waals surface area contributed by atoms with Crippen LogP contribution >= 0.6 is 0 Å². The number of halogens is 2. The van der Waals surface area contributed by atoms with Crippen molar-refractivity contribution in [3.8, 4) is 5.75 Å². The molecule has 0 atom stereocenters. The molecule has 3 N–H and O–H groups in total. The van der Waals surface area contributed by atoms with Gasteiger partial charge in [0.1, 0.15) is 5.75 Å². The van der Waals surface area contributed by atoms with Crippen LogP contribution in [0.5, 0.6) is 5.75 Å². The third-order valence-corrected chi connectivity index (χ3v) is 5.81. The van der Waals surface area contributed by atoms with E-state index in [0.29, 0.717) is 35.5 Å². The van der Waals surface area contributed by atoms with Gasteiger partial charge >= 0.3 is 6.61 Å². The van der Waals surface area contributed by atoms with E-state index in [-0.39, 0.29) is 23.9 Å². The predicted molar refractivity (Wildman–Crippen MR) is 123 cm³/mol. The number of aromatic amines is 1. The van der Waals surface area contributed by atoms with Crippen LogP contribution in [0.4, 0.5) is 20.2 Å². The highest BCUT2D eigenvalue weighted by atomic mass is 32.2. The predicted octanol–water partition coefficient (Wildman–Crippen LogP) is 2.83. The third kappa shape index (κ3) is 5.93. The van der Waals surface area contributed by atoms with E-state index in [1.54, 1.807) is 17.0 Å². The van der Waals surface area contributed by atoms with Crippen molar-refractivity contribution in [1.82, 2.24) is 15.1 Å². The summed E-state index contributed by atoms with van der Waals surface area (Å²) in [5.41, 5.74) is 2.54. The first kappa shape index (κ1) is 24.1. The van der Waals surface area contributed by atoms with Crippen LogP contribution in [-0.4, -0.2) is 54.7 Å². The van der Waals surface area contributed by atoms with Gasteiger partial charge in [-0.25, -0.2) is 8.42 Å². The van der Waals surface area contributed by atoms with Crippen molar-refractivity contribution in [2.75, 3.05) is 22.8 Å². The number of fused-ring (bicyclic) bond motifs is 1. The maximum absolute atomic E-state index is 12.9. The number of carbonyl (C=O) groups is 2. The number of alkyl halides is 2. The van der Waals surface area contributed by atoms with Crippen LogP contribution in [0.3, 0.4) is 0 Å². The zero-order valence-corrected chi connectivity index (χ0v) is 19.2. The molecule has 0 bridgehead atoms. The molecular weight excluding hydrogens is 484 g/mol. The summed E-state index contributed by atoms with van der Waals surface area (Å²) in [6.07, 6.45) is 1.49. The lowest BCUT2D eigenvalue weighted by atomic mass is 10.0. The third-order valence-electron chi connectivity index (χ3n) is 5.21. The fraction of sp³-hybridized carbons (Fsp3) is 0.227. The molecule has 2 aromatic carbocycles. The number of benzene rings is 2. The lowest BCUT2D eigenvalue weighted by Gasteiger charge is -2.27. The minimum atomic E-state index is -3.42. The number of H-pyrrole nitrogens is 1. The van der Waals surface area contributed by atoms with Crippen LogP contribution in [0.15, 0.2) is 48.5 Å². The average molecular weight is 506 g/mol. The zero-order chi connectivity index (χ0) is 25.2. The maximum atomic E-state index is 12.9. The van der Waals surface area contributed by atoms with Gasteiger partial charge in [-0.15, -0.1) is 0 Å². The van der Waals surface area contributed by atoms with Crippen molar-refractivity contribution >= 4 is 33.2 Å². The van der Waals surface area contributed by atoms with Crippen LogP contribution in [0.2, 0.25) is 0 Å². The number of carbonyl (C=O) groups excluding carboxylic acids is 2. The fourth-order valence-corrected chi connectivity index (χ4v) is 4.21. The molecule has 4 rings (SSSR count). The first-order valence-corrected chi connectivity index (χ1v) is 12.3. The van der Waals surface area contributed by atoms with Gasteiger partial charge in [0.2, 0.25) is 10.0 Å². The van der Waals surface area contributed by atoms with E-state index in [1.807, 2.05) is 0 Å². The summed E-state index contributed by atoms with van der Waals surface area (Å²) in [6.45, 7) is -2.43. The second-order valence-electron chi connectivity index (χ2n) is 7.81. The molecule has 0 fully saturated rings. The Labute approximate surface area is 199 Å². The molecule has 3 aromatic rings. The van der Waals surface area contributed by atoms with Crippen LogP contribution in [0, 0.1) is 0 Å². The fourth-order valence-electron chi connectivity index (χ4n) is 3.64. The van der Waals surface area contributed by atoms with Gasteiger partial charge in [0.25, 0.3) is 11.8 Å². The van der Waals surface area contributed by atoms with Gasteiger partial charge in [-0.05, 0) is 48.5 Å². The molecule has 0 aliphatic carbocycles. The Kier molecular flexibility index (Phi) is 6.69. The number of anilines is 2. The minimum absolute atomic E-state index is 0.0496. The highest BCUT2D eigenvalue weighted by Crippen LogP contribution is 2.24. The van der Waals surface area contributed by atoms with E-state index in [4.69, 9.17) is 0 Å². The lowest BCUT2D eigenvalue weighted by molar-refractivity contribution is -0.0498. The Morgan fingerprint density at radius 3 is 2.37 bits per heavy atom. The molecule has 35 heavy (non-hydrogen) atoms. The lowest BCUT2D eigenvalue weighted by Crippen LogP contribution is -2.36. The van der Waals surface area contributed by atoms with Crippen molar-refractivity contribution < 1.29 is 31.5 Å². The number of aromatic nitrogens is 2. The molecule has 0 unspecified atom stereocenters. The van der Waals surface area contributed by atoms with Crippen LogP contribution < -0.4 is 14.8 Å². The Bertz CT molecular complexity index is 1340. The van der Waals surface area contributed by atoms with Crippen molar-refractivity contribution in [3.63, 3.8) is 0 Å². The molecule has 184 valence electrons. The Hall–Kier alpha value is -4.00. The number of amides is 2. The number of rotatable bonds is 7. The standard InChI is InChI=1S/C22H21F2N5O5S/c1-35(32,33)28-15-6-4-14(5-7-15)25-20(30)19-17-12-29(11-10-18(17)26-27-19)21(31)13-2-8-16(9-3-13)34-22(23)24/h2-9,22,28H,10-12H2,1H3,(H,25,30)(H,26,27). The highest BCUT2D eigenvalue weighted by Gasteiger charge is 2.28. The molecule has 1 aliphatic heterocycles. The van der Waals surface area contributed by atoms with Gasteiger partial charge in [-0.1, -0.05) is 0 Å². The number of nitrogens with zero attached hydrogens (tertiary/aromatic N) is 2. The van der Waals surface area contributed by atoms with Gasteiger partial charge in [0, 0.05) is 41.2 Å². The first-order chi connectivity index (χ1) is 16.6. The number of sulfonamides is 1. The largest absolute Gasteiger partial charge is 0.435 e. The minimum Gasteiger partial charge on any atom is -0.435 e. The molecule has 2 amide bonds. The normalized spacial score (nSPS) is 13.3. The molecular formula is C22H21F2N5O5S. The summed E-state index contributed by atoms with van der Waals surface area (Å²) in [4.78, 5) is 27.3. The Balaban J connectivity index is 1.44. The van der Waals surface area contributed by atoms with Crippen molar-refractivity contribution in [2.24, 2.45) is 0 Å². The number of ether oxygens (including phenoxy) is 1. The topological polar surface area (TPSA) is 133 Å². The summed E-state index contributed by atoms with van der Waals surface area (Å²) >= 11 is 0. The molecule has 10 nitrogen and oxygen atoms in total. The van der Waals surface area contributed by atoms with E-state index in [2.05, 4.69) is 25.0 Å². The summed E-state index contributed by atoms with van der Waals surface area (Å²) in [7, 11) is -3.42. The molecule has 1 aliphatic rings. The van der Waals surface area contributed by atoms with Crippen LogP contribution in [0.1, 0.15) is 32.1 Å². The maximum Gasteiger partial charge on any atom is 0.387 e. The summed E-state index contributed by atoms with van der Waals surface area (Å²) in [6, 6.07) is 11.5. The smallest absolute Gasteiger partial charge is 0.387 e. The summed E-state index contributed by atoms with van der Waals surface area (Å²) in [5.74, 6) is -0.860. The van der Waals surface area contributed by atoms with Gasteiger partial charge in [0.05, 0.1) is 12.8 Å². The van der Waals surface area contributed by atoms with Crippen molar-refractivity contribution in [3.05, 3.63) is 71.0 Å². The molecule has 0 saturated carbocycles. The highest BCUT2D eigenvalue weighted by molar-refractivity contribution is 7.92. The molecule has 1 aromatic heterocycles. The molecule has 0 saturated heterocycles. The monoisotopic (exact) mass is 505 g/mol. The van der Waals surface area contributed by atoms with Crippen molar-refractivity contribution in [2.45, 2.75) is 19.6 Å². The van der Waals surface area contributed by atoms with Gasteiger partial charge in [-0.3, -0.25) is 19.4 Å². The molecule has 0 spiro atoms. The van der Waals surface area contributed by atoms with Gasteiger partial charge in [-0.2, -0.15) is 13.9 Å². The van der Waals surface area contributed by atoms with E-state index < -0.39 is 22.5 Å². The Morgan fingerprint density at radius 2 is 1.74 bits per heavy atom. The molecule has 2 heterocycles. The van der Waals surface area contributed by atoms with E-state index in [1.165, 1.54) is 36.4 Å². The number of hydrogen-bond donors (Lipinski definition) is 3. The van der Waals surface area contributed by atoms with Crippen LogP contribution in [0.25, 0.3) is 0 Å². The molecule has 13 heteroatoms. The SMILES string of the molecule is CS(=O)(=O)Nc1ccc(NC(=O)c2n[nH]c3c2CN(C(=O)c2ccc(OC(F)F)cc2)CC3)cc1. The number of hydrogen-bond acceptors (Lipinski definition) is 6. The Morgan fingerprint density at radius 1 is 1.09 bits per heavy atom. The second kappa shape index (κ2) is 9.70. The second-order valence-corrected chi connectivity index (χ2v) is 9.56. The van der Waals surface area contributed by atoms with Gasteiger partial charge in [0.15, 0.2) is 5.69 Å². The van der Waals surface area contributed by atoms with Crippen molar-refractivity contribution in [1.29, 1.82) is 0 Å². The number of nitrogens with one attached hydrogen (secondary N) is 3. The van der Waals surface area contributed by atoms with E-state index in [9.17, 15) is 26.8 Å². The zero-order valence-electron chi connectivity index (χ0n) is 18.4. The summed E-state index contributed by atoms with van der Waals surface area (Å²) in [5, 5.41) is 9.66. The van der Waals surface area contributed by atoms with E-state index >= 15 is 0 Å². The molecule has 0 radical (unpaired) electrons. The van der Waals surface area contributed by atoms with Gasteiger partial charge < -0.3 is 15.0 Å². The summed E-state index contributed by atoms with van der Waals surface area (Å²) < 4.78 is 53.9. The average Bonchev–Trinajstić information content (AvgIpc) is 3.22. The van der Waals surface area contributed by atoms with Crippen LogP contribution in [-0.2, 0) is 23.0 Å². The first-order valence-electron chi connectivity index (χ1n) is 10.4. The quantitative estimate of drug-likeness (QED) is 0.452.